The Morgan fingerprint density at radius 2 is 2.10 bits per heavy atom. The number of allylic oxidation sites excluding steroid dienone is 1. The molecule has 5 heteroatoms. The second-order valence-corrected chi connectivity index (χ2v) is 4.30. The molecule has 1 aromatic heterocycles. The molecule has 0 radical (unpaired) electrons. The molecule has 1 amide bonds. The van der Waals surface area contributed by atoms with Crippen molar-refractivity contribution in [3.05, 3.63) is 48.7 Å². The summed E-state index contributed by atoms with van der Waals surface area (Å²) >= 11 is 0. The van der Waals surface area contributed by atoms with E-state index >= 15 is 0 Å². The maximum absolute atomic E-state index is 11.0. The van der Waals surface area contributed by atoms with Crippen LogP contribution in [0.25, 0.3) is 11.3 Å². The first-order chi connectivity index (χ1) is 9.63. The van der Waals surface area contributed by atoms with Crippen molar-refractivity contribution in [1.29, 1.82) is 0 Å². The van der Waals surface area contributed by atoms with Gasteiger partial charge in [0.05, 0.1) is 12.2 Å². The van der Waals surface area contributed by atoms with Crippen LogP contribution in [-0.2, 0) is 11.3 Å². The number of hydrogen-bond acceptors (Lipinski definition) is 3. The van der Waals surface area contributed by atoms with Crippen LogP contribution in [0.3, 0.4) is 0 Å². The zero-order valence-corrected chi connectivity index (χ0v) is 11.2. The lowest BCUT2D eigenvalue weighted by molar-refractivity contribution is -0.114. The summed E-state index contributed by atoms with van der Waals surface area (Å²) in [7, 11) is 0. The summed E-state index contributed by atoms with van der Waals surface area (Å²) in [6.07, 6.45) is 2.45. The fourth-order valence-corrected chi connectivity index (χ4v) is 1.86. The van der Waals surface area contributed by atoms with Crippen LogP contribution < -0.4 is 5.32 Å². The van der Waals surface area contributed by atoms with E-state index in [0.717, 1.165) is 17.5 Å². The Bertz CT molecular complexity index is 642. The average Bonchev–Trinajstić information content (AvgIpc) is 2.82. The second-order valence-electron chi connectivity index (χ2n) is 4.30. The topological polar surface area (TPSA) is 64.0 Å². The molecule has 0 spiro atoms. The molecular formula is C15H15N3O2. The number of aldehydes is 1. The van der Waals surface area contributed by atoms with Gasteiger partial charge in [-0.15, -0.1) is 6.58 Å². The minimum absolute atomic E-state index is 0.115. The van der Waals surface area contributed by atoms with Gasteiger partial charge < -0.3 is 5.32 Å². The molecule has 0 aliphatic heterocycles. The normalized spacial score (nSPS) is 10.1. The van der Waals surface area contributed by atoms with Gasteiger partial charge in [0, 0.05) is 18.2 Å². The van der Waals surface area contributed by atoms with E-state index < -0.39 is 0 Å². The summed E-state index contributed by atoms with van der Waals surface area (Å²) in [5, 5.41) is 7.06. The largest absolute Gasteiger partial charge is 0.326 e. The zero-order chi connectivity index (χ0) is 14.5. The predicted molar refractivity (Wildman–Crippen MR) is 77.6 cm³/mol. The van der Waals surface area contributed by atoms with Crippen LogP contribution in [0.4, 0.5) is 5.69 Å². The van der Waals surface area contributed by atoms with Crippen LogP contribution in [0, 0.1) is 0 Å². The summed E-state index contributed by atoms with van der Waals surface area (Å²) in [6.45, 7) is 5.58. The van der Waals surface area contributed by atoms with Gasteiger partial charge in [0.15, 0.2) is 6.29 Å². The molecule has 20 heavy (non-hydrogen) atoms. The van der Waals surface area contributed by atoms with Gasteiger partial charge in [0.2, 0.25) is 5.91 Å². The molecule has 0 aliphatic rings. The first-order valence-corrected chi connectivity index (χ1v) is 6.16. The number of anilines is 1. The number of rotatable bonds is 5. The standard InChI is InChI=1S/C15H15N3O2/c1-3-8-18-14(10-19)9-15(17-18)12-4-6-13(7-5-12)16-11(2)20/h3-7,9-10H,1,8H2,2H3,(H,16,20). The van der Waals surface area contributed by atoms with Gasteiger partial charge in [-0.05, 0) is 18.2 Å². The van der Waals surface area contributed by atoms with Gasteiger partial charge in [0.1, 0.15) is 5.69 Å². The molecule has 2 aromatic rings. The van der Waals surface area contributed by atoms with Crippen molar-refractivity contribution >= 4 is 17.9 Å². The maximum Gasteiger partial charge on any atom is 0.221 e. The van der Waals surface area contributed by atoms with Crippen molar-refractivity contribution in [1.82, 2.24) is 9.78 Å². The Morgan fingerprint density at radius 3 is 2.65 bits per heavy atom. The van der Waals surface area contributed by atoms with E-state index in [1.165, 1.54) is 6.92 Å². The van der Waals surface area contributed by atoms with Crippen molar-refractivity contribution in [2.24, 2.45) is 0 Å². The highest BCUT2D eigenvalue weighted by molar-refractivity contribution is 5.89. The molecule has 0 fully saturated rings. The van der Waals surface area contributed by atoms with E-state index in [0.29, 0.717) is 17.9 Å². The molecule has 1 aromatic carbocycles. The molecule has 2 rings (SSSR count). The van der Waals surface area contributed by atoms with Gasteiger partial charge >= 0.3 is 0 Å². The Balaban J connectivity index is 2.29. The van der Waals surface area contributed by atoms with Gasteiger partial charge in [-0.25, -0.2) is 0 Å². The molecule has 0 unspecified atom stereocenters. The van der Waals surface area contributed by atoms with E-state index in [1.54, 1.807) is 29.0 Å². The molecule has 102 valence electrons. The number of carbonyl (C=O) groups is 2. The lowest BCUT2D eigenvalue weighted by Gasteiger charge is -2.02. The third kappa shape index (κ3) is 3.00. The molecule has 0 aliphatic carbocycles. The molecule has 1 heterocycles. The Hall–Kier alpha value is -2.69. The molecule has 0 bridgehead atoms. The van der Waals surface area contributed by atoms with E-state index in [9.17, 15) is 9.59 Å². The van der Waals surface area contributed by atoms with E-state index in [-0.39, 0.29) is 5.91 Å². The third-order valence-electron chi connectivity index (χ3n) is 2.73. The van der Waals surface area contributed by atoms with Crippen LogP contribution in [0.15, 0.2) is 43.0 Å². The van der Waals surface area contributed by atoms with E-state index in [4.69, 9.17) is 0 Å². The Kier molecular flexibility index (Phi) is 4.10. The molecule has 0 saturated carbocycles. The van der Waals surface area contributed by atoms with Crippen molar-refractivity contribution < 1.29 is 9.59 Å². The van der Waals surface area contributed by atoms with E-state index in [2.05, 4.69) is 17.0 Å². The van der Waals surface area contributed by atoms with Gasteiger partial charge in [-0.1, -0.05) is 18.2 Å². The van der Waals surface area contributed by atoms with Crippen molar-refractivity contribution in [2.75, 3.05) is 5.32 Å². The fraction of sp³-hybridized carbons (Fsp3) is 0.133. The van der Waals surface area contributed by atoms with Gasteiger partial charge in [0.25, 0.3) is 0 Å². The number of nitrogens with one attached hydrogen (secondary N) is 1. The van der Waals surface area contributed by atoms with Crippen LogP contribution in [0.5, 0.6) is 0 Å². The number of aromatic nitrogens is 2. The summed E-state index contributed by atoms with van der Waals surface area (Å²) in [4.78, 5) is 21.9. The highest BCUT2D eigenvalue weighted by Crippen LogP contribution is 2.21. The lowest BCUT2D eigenvalue weighted by atomic mass is 10.1. The number of amides is 1. The van der Waals surface area contributed by atoms with E-state index in [1.807, 2.05) is 12.1 Å². The first-order valence-electron chi connectivity index (χ1n) is 6.16. The Labute approximate surface area is 116 Å². The third-order valence-corrected chi connectivity index (χ3v) is 2.73. The minimum Gasteiger partial charge on any atom is -0.326 e. The number of hydrogen-bond donors (Lipinski definition) is 1. The minimum atomic E-state index is -0.115. The molecule has 1 N–H and O–H groups in total. The number of nitrogens with zero attached hydrogens (tertiary/aromatic N) is 2. The average molecular weight is 269 g/mol. The van der Waals surface area contributed by atoms with Crippen LogP contribution in [0.1, 0.15) is 17.4 Å². The maximum atomic E-state index is 11.0. The van der Waals surface area contributed by atoms with Crippen LogP contribution in [-0.4, -0.2) is 22.0 Å². The molecule has 5 nitrogen and oxygen atoms in total. The quantitative estimate of drug-likeness (QED) is 0.670. The predicted octanol–water partition coefficient (Wildman–Crippen LogP) is 2.51. The number of benzene rings is 1. The second kappa shape index (κ2) is 5.97. The van der Waals surface area contributed by atoms with Crippen molar-refractivity contribution in [2.45, 2.75) is 13.5 Å². The fourth-order valence-electron chi connectivity index (χ4n) is 1.86. The summed E-state index contributed by atoms with van der Waals surface area (Å²) in [5.74, 6) is -0.115. The smallest absolute Gasteiger partial charge is 0.221 e. The van der Waals surface area contributed by atoms with Crippen LogP contribution >= 0.6 is 0 Å². The zero-order valence-electron chi connectivity index (χ0n) is 11.2. The summed E-state index contributed by atoms with van der Waals surface area (Å²) in [6, 6.07) is 9.01. The highest BCUT2D eigenvalue weighted by atomic mass is 16.1. The summed E-state index contributed by atoms with van der Waals surface area (Å²) in [5.41, 5.74) is 2.82. The van der Waals surface area contributed by atoms with Gasteiger partial charge in [-0.2, -0.15) is 5.10 Å². The van der Waals surface area contributed by atoms with Crippen molar-refractivity contribution in [3.63, 3.8) is 0 Å². The monoisotopic (exact) mass is 269 g/mol. The molecular weight excluding hydrogens is 254 g/mol. The Morgan fingerprint density at radius 1 is 1.40 bits per heavy atom. The van der Waals surface area contributed by atoms with Crippen LogP contribution in [0.2, 0.25) is 0 Å². The summed E-state index contributed by atoms with van der Waals surface area (Å²) < 4.78 is 1.59. The van der Waals surface area contributed by atoms with Crippen molar-refractivity contribution in [3.8, 4) is 11.3 Å². The SMILES string of the molecule is C=CCn1nc(-c2ccc(NC(C)=O)cc2)cc1C=O. The lowest BCUT2D eigenvalue weighted by Crippen LogP contribution is -2.05. The molecule has 0 atom stereocenters. The molecule has 0 saturated heterocycles. The first kappa shape index (κ1) is 13.7. The number of carbonyl (C=O) groups excluding carboxylic acids is 2. The highest BCUT2D eigenvalue weighted by Gasteiger charge is 2.08. The van der Waals surface area contributed by atoms with Gasteiger partial charge in [-0.3, -0.25) is 14.3 Å².